The second kappa shape index (κ2) is 6.56. The summed E-state index contributed by atoms with van der Waals surface area (Å²) in [5.41, 5.74) is 2.03. The Balaban J connectivity index is 1.64. The first kappa shape index (κ1) is 13.1. The van der Waals surface area contributed by atoms with Crippen LogP contribution in [0.25, 0.3) is 0 Å². The summed E-state index contributed by atoms with van der Waals surface area (Å²) in [6, 6.07) is 5.94. The number of oxazole rings is 1. The predicted molar refractivity (Wildman–Crippen MR) is 72.6 cm³/mol. The van der Waals surface area contributed by atoms with Crippen LogP contribution in [0.1, 0.15) is 17.1 Å². The topological polar surface area (TPSA) is 51.0 Å². The van der Waals surface area contributed by atoms with Crippen LogP contribution in [0.2, 0.25) is 0 Å². The van der Waals surface area contributed by atoms with E-state index in [4.69, 9.17) is 4.42 Å². The van der Waals surface area contributed by atoms with Crippen LogP contribution in [0.15, 0.2) is 34.0 Å². The molecule has 18 heavy (non-hydrogen) atoms. The van der Waals surface area contributed by atoms with Crippen molar-refractivity contribution in [3.63, 3.8) is 0 Å². The zero-order chi connectivity index (χ0) is 12.8. The van der Waals surface area contributed by atoms with Crippen molar-refractivity contribution in [3.8, 4) is 0 Å². The van der Waals surface area contributed by atoms with Gasteiger partial charge in [-0.3, -0.25) is 4.98 Å². The first-order valence-corrected chi connectivity index (χ1v) is 6.92. The summed E-state index contributed by atoms with van der Waals surface area (Å²) in [4.78, 5) is 8.57. The highest BCUT2D eigenvalue weighted by molar-refractivity contribution is 7.99. The van der Waals surface area contributed by atoms with Gasteiger partial charge < -0.3 is 9.73 Å². The Bertz CT molecular complexity index is 465. The van der Waals surface area contributed by atoms with Gasteiger partial charge in [0.25, 0.3) is 5.22 Å². The van der Waals surface area contributed by atoms with Gasteiger partial charge in [0.2, 0.25) is 0 Å². The van der Waals surface area contributed by atoms with Crippen LogP contribution in [-0.2, 0) is 6.54 Å². The molecule has 0 aliphatic heterocycles. The van der Waals surface area contributed by atoms with E-state index < -0.39 is 0 Å². The van der Waals surface area contributed by atoms with Gasteiger partial charge >= 0.3 is 0 Å². The fraction of sp³-hybridized carbons (Fsp3) is 0.385. The summed E-state index contributed by atoms with van der Waals surface area (Å²) in [5, 5.41) is 4.09. The lowest BCUT2D eigenvalue weighted by Gasteiger charge is -2.02. The lowest BCUT2D eigenvalue weighted by Crippen LogP contribution is -2.17. The number of rotatable bonds is 6. The Morgan fingerprint density at radius 2 is 2.22 bits per heavy atom. The third-order valence-corrected chi connectivity index (χ3v) is 3.38. The molecule has 0 amide bonds. The van der Waals surface area contributed by atoms with Crippen LogP contribution >= 0.6 is 11.8 Å². The van der Waals surface area contributed by atoms with Crippen molar-refractivity contribution in [1.82, 2.24) is 15.3 Å². The molecular formula is C13H17N3OS. The zero-order valence-corrected chi connectivity index (χ0v) is 11.5. The molecule has 0 saturated carbocycles. The molecule has 2 rings (SSSR count). The second-order valence-electron chi connectivity index (χ2n) is 3.97. The van der Waals surface area contributed by atoms with Crippen molar-refractivity contribution < 1.29 is 4.42 Å². The van der Waals surface area contributed by atoms with Crippen LogP contribution in [0.4, 0.5) is 0 Å². The van der Waals surface area contributed by atoms with E-state index in [0.717, 1.165) is 41.2 Å². The normalized spacial score (nSPS) is 10.8. The molecule has 1 N–H and O–H groups in total. The fourth-order valence-electron chi connectivity index (χ4n) is 1.43. The average molecular weight is 263 g/mol. The van der Waals surface area contributed by atoms with Crippen LogP contribution in [0.5, 0.6) is 0 Å². The van der Waals surface area contributed by atoms with Crippen molar-refractivity contribution in [1.29, 1.82) is 0 Å². The molecule has 0 saturated heterocycles. The van der Waals surface area contributed by atoms with E-state index in [1.165, 1.54) is 0 Å². The van der Waals surface area contributed by atoms with E-state index in [0.29, 0.717) is 0 Å². The molecular weight excluding hydrogens is 246 g/mol. The molecule has 4 nitrogen and oxygen atoms in total. The SMILES string of the molecule is Cc1nc(SCCNCc2ccccn2)oc1C. The number of aryl methyl sites for hydroxylation is 2. The molecule has 0 spiro atoms. The maximum Gasteiger partial charge on any atom is 0.256 e. The summed E-state index contributed by atoms with van der Waals surface area (Å²) >= 11 is 1.63. The Kier molecular flexibility index (Phi) is 4.78. The number of aromatic nitrogens is 2. The fourth-order valence-corrected chi connectivity index (χ4v) is 2.24. The Hall–Kier alpha value is -1.33. The standard InChI is InChI=1S/C13H17N3OS/c1-10-11(2)17-13(16-10)18-8-7-14-9-12-5-3-4-6-15-12/h3-6,14H,7-9H2,1-2H3. The van der Waals surface area contributed by atoms with E-state index in [9.17, 15) is 0 Å². The molecule has 0 atom stereocenters. The van der Waals surface area contributed by atoms with Gasteiger partial charge in [0.15, 0.2) is 0 Å². The van der Waals surface area contributed by atoms with Gasteiger partial charge in [-0.25, -0.2) is 4.98 Å². The minimum Gasteiger partial charge on any atom is -0.437 e. The average Bonchev–Trinajstić information content (AvgIpc) is 2.70. The predicted octanol–water partition coefficient (Wildman–Crippen LogP) is 2.57. The lowest BCUT2D eigenvalue weighted by atomic mass is 10.3. The van der Waals surface area contributed by atoms with Crippen molar-refractivity contribution in [2.75, 3.05) is 12.3 Å². The maximum absolute atomic E-state index is 5.49. The van der Waals surface area contributed by atoms with E-state index >= 15 is 0 Å². The third-order valence-electron chi connectivity index (χ3n) is 2.55. The molecule has 96 valence electrons. The summed E-state index contributed by atoms with van der Waals surface area (Å²) < 4.78 is 5.49. The first-order valence-electron chi connectivity index (χ1n) is 5.93. The molecule has 0 aliphatic carbocycles. The van der Waals surface area contributed by atoms with Crippen LogP contribution in [0.3, 0.4) is 0 Å². The molecule has 0 aliphatic rings. The van der Waals surface area contributed by atoms with Crippen LogP contribution in [-0.4, -0.2) is 22.3 Å². The molecule has 0 fully saturated rings. The molecule has 5 heteroatoms. The summed E-state index contributed by atoms with van der Waals surface area (Å²) in [7, 11) is 0. The van der Waals surface area contributed by atoms with E-state index in [2.05, 4.69) is 15.3 Å². The highest BCUT2D eigenvalue weighted by Crippen LogP contribution is 2.19. The van der Waals surface area contributed by atoms with Crippen molar-refractivity contribution >= 4 is 11.8 Å². The molecule has 2 aromatic rings. The number of hydrogen-bond acceptors (Lipinski definition) is 5. The van der Waals surface area contributed by atoms with Gasteiger partial charge in [-0.15, -0.1) is 0 Å². The second-order valence-corrected chi connectivity index (χ2v) is 5.01. The maximum atomic E-state index is 5.49. The lowest BCUT2D eigenvalue weighted by molar-refractivity contribution is 0.431. The molecule has 0 radical (unpaired) electrons. The van der Waals surface area contributed by atoms with Crippen LogP contribution in [0, 0.1) is 13.8 Å². The number of nitrogens with one attached hydrogen (secondary N) is 1. The highest BCUT2D eigenvalue weighted by Gasteiger charge is 2.05. The van der Waals surface area contributed by atoms with Gasteiger partial charge in [0.1, 0.15) is 5.76 Å². The van der Waals surface area contributed by atoms with Gasteiger partial charge in [0, 0.05) is 25.0 Å². The molecule has 2 heterocycles. The minimum absolute atomic E-state index is 0.754. The summed E-state index contributed by atoms with van der Waals surface area (Å²) in [5.74, 6) is 1.84. The van der Waals surface area contributed by atoms with Gasteiger partial charge in [-0.1, -0.05) is 17.8 Å². The molecule has 0 aromatic carbocycles. The quantitative estimate of drug-likeness (QED) is 0.641. The highest BCUT2D eigenvalue weighted by atomic mass is 32.2. The van der Waals surface area contributed by atoms with E-state index in [1.54, 1.807) is 11.8 Å². The number of pyridine rings is 1. The van der Waals surface area contributed by atoms with Gasteiger partial charge in [-0.2, -0.15) is 0 Å². The molecule has 0 unspecified atom stereocenters. The number of thioether (sulfide) groups is 1. The van der Waals surface area contributed by atoms with Crippen molar-refractivity contribution in [3.05, 3.63) is 41.5 Å². The Labute approximate surface area is 111 Å². The monoisotopic (exact) mass is 263 g/mol. The van der Waals surface area contributed by atoms with Crippen molar-refractivity contribution in [2.45, 2.75) is 25.6 Å². The first-order chi connectivity index (χ1) is 8.75. The minimum atomic E-state index is 0.754. The van der Waals surface area contributed by atoms with Crippen molar-refractivity contribution in [2.24, 2.45) is 0 Å². The Morgan fingerprint density at radius 3 is 2.89 bits per heavy atom. The number of nitrogens with zero attached hydrogens (tertiary/aromatic N) is 2. The molecule has 0 bridgehead atoms. The van der Waals surface area contributed by atoms with E-state index in [-0.39, 0.29) is 0 Å². The summed E-state index contributed by atoms with van der Waals surface area (Å²) in [6.07, 6.45) is 1.81. The smallest absolute Gasteiger partial charge is 0.256 e. The van der Waals surface area contributed by atoms with E-state index in [1.807, 2.05) is 38.2 Å². The van der Waals surface area contributed by atoms with Gasteiger partial charge in [0.05, 0.1) is 11.4 Å². The largest absolute Gasteiger partial charge is 0.437 e. The number of hydrogen-bond donors (Lipinski definition) is 1. The zero-order valence-electron chi connectivity index (χ0n) is 10.6. The molecule has 2 aromatic heterocycles. The van der Waals surface area contributed by atoms with Gasteiger partial charge in [-0.05, 0) is 26.0 Å². The summed E-state index contributed by atoms with van der Waals surface area (Å²) in [6.45, 7) is 5.60. The Morgan fingerprint density at radius 1 is 1.33 bits per heavy atom. The third kappa shape index (κ3) is 3.85. The van der Waals surface area contributed by atoms with Crippen LogP contribution < -0.4 is 5.32 Å².